The van der Waals surface area contributed by atoms with Gasteiger partial charge in [0.2, 0.25) is 5.88 Å². The van der Waals surface area contributed by atoms with Crippen LogP contribution >= 0.6 is 0 Å². The fourth-order valence-corrected chi connectivity index (χ4v) is 5.80. The molecule has 0 aliphatic carbocycles. The van der Waals surface area contributed by atoms with E-state index >= 15 is 0 Å². The molecule has 0 unspecified atom stereocenters. The van der Waals surface area contributed by atoms with Crippen LogP contribution in [0.1, 0.15) is 42.4 Å². The maximum Gasteiger partial charge on any atom is 0.226 e. The van der Waals surface area contributed by atoms with Crippen molar-refractivity contribution in [2.45, 2.75) is 32.6 Å². The van der Waals surface area contributed by atoms with E-state index in [0.29, 0.717) is 35.4 Å². The summed E-state index contributed by atoms with van der Waals surface area (Å²) in [5.74, 6) is 2.32. The van der Waals surface area contributed by atoms with Crippen molar-refractivity contribution in [1.29, 1.82) is 5.26 Å². The van der Waals surface area contributed by atoms with Gasteiger partial charge in [0.15, 0.2) is 5.75 Å². The predicted molar refractivity (Wildman–Crippen MR) is 153 cm³/mol. The zero-order valence-corrected chi connectivity index (χ0v) is 22.8. The summed E-state index contributed by atoms with van der Waals surface area (Å²) in [6.07, 6.45) is 3.88. The lowest BCUT2D eigenvalue weighted by Gasteiger charge is -2.30. The van der Waals surface area contributed by atoms with Gasteiger partial charge in [0.05, 0.1) is 36.0 Å². The van der Waals surface area contributed by atoms with Crippen molar-refractivity contribution in [3.05, 3.63) is 59.3 Å². The molecule has 1 saturated heterocycles. The number of H-pyrrole nitrogens is 2. The van der Waals surface area contributed by atoms with Gasteiger partial charge in [-0.3, -0.25) is 0 Å². The number of aryl methyl sites for hydroxylation is 1. The third-order valence-electron chi connectivity index (χ3n) is 7.86. The third kappa shape index (κ3) is 4.19. The van der Waals surface area contributed by atoms with Gasteiger partial charge in [-0.05, 0) is 69.9 Å². The molecule has 8 nitrogen and oxygen atoms in total. The second-order valence-corrected chi connectivity index (χ2v) is 10.2. The molecule has 2 N–H and O–H groups in total. The highest BCUT2D eigenvalue weighted by atomic mass is 16.5. The minimum absolute atomic E-state index is 0.428. The standard InChI is InChI=1S/C31H32N6O2/c1-5-39-29-21(19-12-14-37(3)15-13-19)10-11-24-28(29)36-30(34-24)25-27-23(17-33-31(25)38-4)22(16-32)26(35-27)20-9-7-6-8-18(20)2/h6-11,17,19,35H,5,12-15H2,1-4H3,(H,34,36). The van der Waals surface area contributed by atoms with E-state index < -0.39 is 0 Å². The van der Waals surface area contributed by atoms with Gasteiger partial charge in [-0.25, -0.2) is 9.97 Å². The van der Waals surface area contributed by atoms with E-state index in [4.69, 9.17) is 14.5 Å². The second kappa shape index (κ2) is 10.1. The number of benzene rings is 2. The van der Waals surface area contributed by atoms with E-state index in [2.05, 4.69) is 45.1 Å². The Morgan fingerprint density at radius 2 is 1.92 bits per heavy atom. The lowest BCUT2D eigenvalue weighted by molar-refractivity contribution is 0.251. The van der Waals surface area contributed by atoms with Crippen molar-refractivity contribution >= 4 is 21.9 Å². The molecule has 5 aromatic rings. The van der Waals surface area contributed by atoms with Crippen LogP contribution in [0.5, 0.6) is 11.6 Å². The van der Waals surface area contributed by atoms with Gasteiger partial charge in [0.1, 0.15) is 23.0 Å². The maximum absolute atomic E-state index is 10.2. The summed E-state index contributed by atoms with van der Waals surface area (Å²) in [5, 5.41) is 10.9. The molecule has 0 bridgehead atoms. The van der Waals surface area contributed by atoms with Crippen molar-refractivity contribution in [2.75, 3.05) is 33.9 Å². The van der Waals surface area contributed by atoms with Crippen molar-refractivity contribution in [1.82, 2.24) is 24.8 Å². The van der Waals surface area contributed by atoms with Gasteiger partial charge in [0.25, 0.3) is 0 Å². The molecule has 2 aromatic carbocycles. The predicted octanol–water partition coefficient (Wildman–Crippen LogP) is 6.17. The largest absolute Gasteiger partial charge is 0.491 e. The van der Waals surface area contributed by atoms with E-state index in [0.717, 1.165) is 70.4 Å². The molecule has 1 aliphatic rings. The molecule has 8 heteroatoms. The zero-order valence-electron chi connectivity index (χ0n) is 22.8. The van der Waals surface area contributed by atoms with Gasteiger partial charge >= 0.3 is 0 Å². The van der Waals surface area contributed by atoms with Crippen molar-refractivity contribution in [2.24, 2.45) is 0 Å². The van der Waals surface area contributed by atoms with E-state index in [1.165, 1.54) is 5.56 Å². The Bertz CT molecular complexity index is 1720. The highest BCUT2D eigenvalue weighted by molar-refractivity contribution is 6.03. The summed E-state index contributed by atoms with van der Waals surface area (Å²) in [7, 11) is 3.77. The van der Waals surface area contributed by atoms with Crippen LogP contribution in [0, 0.1) is 18.3 Å². The zero-order chi connectivity index (χ0) is 27.1. The van der Waals surface area contributed by atoms with Crippen molar-refractivity contribution in [3.63, 3.8) is 0 Å². The molecular formula is C31H32N6O2. The van der Waals surface area contributed by atoms with E-state index in [1.807, 2.05) is 38.1 Å². The van der Waals surface area contributed by atoms with Gasteiger partial charge in [0, 0.05) is 17.1 Å². The number of likely N-dealkylation sites (tertiary alicyclic amines) is 1. The number of fused-ring (bicyclic) bond motifs is 2. The van der Waals surface area contributed by atoms with Gasteiger partial charge in [-0.2, -0.15) is 5.26 Å². The summed E-state index contributed by atoms with van der Waals surface area (Å²) in [6, 6.07) is 14.7. The Kier molecular flexibility index (Phi) is 6.45. The lowest BCUT2D eigenvalue weighted by atomic mass is 9.88. The summed E-state index contributed by atoms with van der Waals surface area (Å²) < 4.78 is 12.0. The molecule has 39 heavy (non-hydrogen) atoms. The number of nitriles is 1. The first-order chi connectivity index (χ1) is 19.0. The molecule has 0 amide bonds. The minimum atomic E-state index is 0.428. The smallest absolute Gasteiger partial charge is 0.226 e. The quantitative estimate of drug-likeness (QED) is 0.278. The van der Waals surface area contributed by atoms with Crippen LogP contribution in [-0.2, 0) is 0 Å². The Balaban J connectivity index is 1.56. The fourth-order valence-electron chi connectivity index (χ4n) is 5.80. The van der Waals surface area contributed by atoms with Crippen LogP contribution in [0.15, 0.2) is 42.6 Å². The van der Waals surface area contributed by atoms with Gasteiger partial charge in [-0.1, -0.05) is 30.3 Å². The number of pyridine rings is 1. The maximum atomic E-state index is 10.2. The molecule has 0 spiro atoms. The number of piperidine rings is 1. The highest BCUT2D eigenvalue weighted by Crippen LogP contribution is 2.42. The molecule has 6 rings (SSSR count). The number of ether oxygens (including phenoxy) is 2. The van der Waals surface area contributed by atoms with Crippen LogP contribution in [0.25, 0.3) is 44.6 Å². The van der Waals surface area contributed by atoms with Crippen molar-refractivity contribution < 1.29 is 9.47 Å². The Morgan fingerprint density at radius 3 is 2.64 bits per heavy atom. The first-order valence-electron chi connectivity index (χ1n) is 13.4. The van der Waals surface area contributed by atoms with Gasteiger partial charge < -0.3 is 24.3 Å². The normalized spacial score (nSPS) is 14.6. The molecule has 1 aliphatic heterocycles. The number of aromatic nitrogens is 4. The summed E-state index contributed by atoms with van der Waals surface area (Å²) in [5.41, 5.74) is 7.70. The number of imidazole rings is 1. The van der Waals surface area contributed by atoms with E-state index in [-0.39, 0.29) is 0 Å². The monoisotopic (exact) mass is 520 g/mol. The van der Waals surface area contributed by atoms with Crippen molar-refractivity contribution in [3.8, 4) is 40.3 Å². The first-order valence-corrected chi connectivity index (χ1v) is 13.4. The number of rotatable bonds is 6. The number of hydrogen-bond acceptors (Lipinski definition) is 6. The molecule has 0 saturated carbocycles. The summed E-state index contributed by atoms with van der Waals surface area (Å²) >= 11 is 0. The number of nitrogens with one attached hydrogen (secondary N) is 2. The van der Waals surface area contributed by atoms with E-state index in [9.17, 15) is 5.26 Å². The summed E-state index contributed by atoms with van der Waals surface area (Å²) in [6.45, 7) is 6.75. The average molecular weight is 521 g/mol. The van der Waals surface area contributed by atoms with Crippen LogP contribution < -0.4 is 9.47 Å². The Hall–Kier alpha value is -4.35. The number of aromatic amines is 2. The molecule has 0 radical (unpaired) electrons. The average Bonchev–Trinajstić information content (AvgIpc) is 3.55. The molecule has 4 heterocycles. The first kappa shape index (κ1) is 25.0. The minimum Gasteiger partial charge on any atom is -0.491 e. The van der Waals surface area contributed by atoms with Crippen LogP contribution in [-0.4, -0.2) is 58.7 Å². The molecule has 1 fully saturated rings. The van der Waals surface area contributed by atoms with Gasteiger partial charge in [-0.15, -0.1) is 0 Å². The second-order valence-electron chi connectivity index (χ2n) is 10.2. The molecular weight excluding hydrogens is 488 g/mol. The molecule has 0 atom stereocenters. The van der Waals surface area contributed by atoms with Crippen LogP contribution in [0.3, 0.4) is 0 Å². The van der Waals surface area contributed by atoms with Crippen LogP contribution in [0.2, 0.25) is 0 Å². The lowest BCUT2D eigenvalue weighted by Crippen LogP contribution is -2.29. The topological polar surface area (TPSA) is 103 Å². The number of methoxy groups -OCH3 is 1. The highest BCUT2D eigenvalue weighted by Gasteiger charge is 2.26. The fraction of sp³-hybridized carbons (Fsp3) is 0.323. The Morgan fingerprint density at radius 1 is 1.13 bits per heavy atom. The molecule has 198 valence electrons. The molecule has 3 aromatic heterocycles. The number of hydrogen-bond donors (Lipinski definition) is 2. The third-order valence-corrected chi connectivity index (χ3v) is 7.86. The summed E-state index contributed by atoms with van der Waals surface area (Å²) in [4.78, 5) is 19.0. The SMILES string of the molecule is CCOc1c(C2CCN(C)CC2)ccc2[nH]c(-c3c(OC)ncc4c(C#N)c(-c5ccccc5C)[nH]c34)nc12. The number of nitrogens with zero attached hydrogens (tertiary/aromatic N) is 4. The Labute approximate surface area is 227 Å². The van der Waals surface area contributed by atoms with Crippen LogP contribution in [0.4, 0.5) is 0 Å². The van der Waals surface area contributed by atoms with E-state index in [1.54, 1.807) is 13.3 Å².